The highest BCUT2D eigenvalue weighted by Gasteiger charge is 2.36. The van der Waals surface area contributed by atoms with E-state index in [4.69, 9.17) is 10.5 Å². The molecule has 0 bridgehead atoms. The number of ether oxygens (including phenoxy) is 1. The number of benzene rings is 1. The van der Waals surface area contributed by atoms with Crippen molar-refractivity contribution in [2.45, 2.75) is 25.0 Å². The third-order valence-electron chi connectivity index (χ3n) is 4.85. The lowest BCUT2D eigenvalue weighted by Gasteiger charge is -2.27. The molecular formula is C19H18F2N6O3. The Bertz CT molecular complexity index is 997. The summed E-state index contributed by atoms with van der Waals surface area (Å²) in [6.45, 7) is 0.679. The topological polar surface area (TPSA) is 114 Å². The van der Waals surface area contributed by atoms with E-state index in [1.807, 2.05) is 0 Å². The molecule has 156 valence electrons. The zero-order valence-electron chi connectivity index (χ0n) is 15.7. The molecule has 4 rings (SSSR count). The van der Waals surface area contributed by atoms with Crippen LogP contribution in [0.1, 0.15) is 35.1 Å². The van der Waals surface area contributed by atoms with Crippen LogP contribution in [0, 0.1) is 11.6 Å². The Balaban J connectivity index is 1.42. The summed E-state index contributed by atoms with van der Waals surface area (Å²) < 4.78 is 32.9. The second-order valence-corrected chi connectivity index (χ2v) is 6.94. The van der Waals surface area contributed by atoms with E-state index in [0.717, 1.165) is 6.07 Å². The standard InChI is InChI=1S/C19H18F2N6O3/c20-12-7-11(8-13(21)9-12)15-1-5-24-27(15)19(29)26-6-3-14(10-26)30-16-2-4-23-18(25-16)17(22)28/h2,4-5,7-9,14-15H,1,3,6,10H2,(H2,22,28). The molecule has 11 heteroatoms. The summed E-state index contributed by atoms with van der Waals surface area (Å²) in [6.07, 6.45) is 3.46. The highest BCUT2D eigenvalue weighted by atomic mass is 19.1. The van der Waals surface area contributed by atoms with Crippen molar-refractivity contribution in [2.75, 3.05) is 13.1 Å². The van der Waals surface area contributed by atoms with Crippen LogP contribution in [0.3, 0.4) is 0 Å². The van der Waals surface area contributed by atoms with Crippen LogP contribution in [0.4, 0.5) is 13.6 Å². The lowest BCUT2D eigenvalue weighted by Crippen LogP contribution is -2.40. The number of carbonyl (C=O) groups excluding carboxylic acids is 2. The molecule has 0 spiro atoms. The van der Waals surface area contributed by atoms with Gasteiger partial charge in [0, 0.05) is 43.9 Å². The van der Waals surface area contributed by atoms with Crippen molar-refractivity contribution in [3.05, 3.63) is 53.5 Å². The normalized spacial score (nSPS) is 20.6. The first-order valence-corrected chi connectivity index (χ1v) is 9.27. The molecule has 1 fully saturated rings. The van der Waals surface area contributed by atoms with Crippen LogP contribution in [0.2, 0.25) is 0 Å². The molecule has 3 amide bonds. The largest absolute Gasteiger partial charge is 0.472 e. The molecule has 0 saturated carbocycles. The Labute approximate surface area is 170 Å². The maximum absolute atomic E-state index is 13.6. The first-order chi connectivity index (χ1) is 14.4. The van der Waals surface area contributed by atoms with Gasteiger partial charge in [-0.1, -0.05) is 0 Å². The highest BCUT2D eigenvalue weighted by molar-refractivity contribution is 5.88. The Morgan fingerprint density at radius 3 is 2.70 bits per heavy atom. The minimum absolute atomic E-state index is 0.157. The van der Waals surface area contributed by atoms with E-state index in [-0.39, 0.29) is 30.4 Å². The van der Waals surface area contributed by atoms with Crippen molar-refractivity contribution < 1.29 is 23.1 Å². The number of carbonyl (C=O) groups is 2. The SMILES string of the molecule is NC(=O)c1nccc(OC2CCN(C(=O)N3N=CCC3c3cc(F)cc(F)c3)C2)n1. The number of nitrogens with zero attached hydrogens (tertiary/aromatic N) is 5. The predicted molar refractivity (Wildman–Crippen MR) is 101 cm³/mol. The number of aromatic nitrogens is 2. The number of urea groups is 1. The van der Waals surface area contributed by atoms with Crippen LogP contribution in [0.15, 0.2) is 35.6 Å². The highest BCUT2D eigenvalue weighted by Crippen LogP contribution is 2.31. The zero-order valence-corrected chi connectivity index (χ0v) is 15.7. The summed E-state index contributed by atoms with van der Waals surface area (Å²) in [4.78, 5) is 33.4. The van der Waals surface area contributed by atoms with E-state index in [1.54, 1.807) is 11.1 Å². The van der Waals surface area contributed by atoms with Gasteiger partial charge in [0.05, 0.1) is 12.6 Å². The number of primary amides is 1. The van der Waals surface area contributed by atoms with Gasteiger partial charge in [0.2, 0.25) is 11.7 Å². The molecule has 2 N–H and O–H groups in total. The summed E-state index contributed by atoms with van der Waals surface area (Å²) in [5.41, 5.74) is 5.50. The van der Waals surface area contributed by atoms with E-state index in [0.29, 0.717) is 24.9 Å². The van der Waals surface area contributed by atoms with E-state index >= 15 is 0 Å². The fourth-order valence-electron chi connectivity index (χ4n) is 3.48. The Morgan fingerprint density at radius 2 is 1.97 bits per heavy atom. The van der Waals surface area contributed by atoms with Gasteiger partial charge < -0.3 is 15.4 Å². The molecule has 1 saturated heterocycles. The molecule has 2 atom stereocenters. The van der Waals surface area contributed by atoms with Crippen molar-refractivity contribution in [1.29, 1.82) is 0 Å². The van der Waals surface area contributed by atoms with Gasteiger partial charge in [-0.25, -0.2) is 23.6 Å². The Kier molecular flexibility index (Phi) is 5.25. The first-order valence-electron chi connectivity index (χ1n) is 9.27. The quantitative estimate of drug-likeness (QED) is 0.817. The number of likely N-dealkylation sites (tertiary alicyclic amines) is 1. The van der Waals surface area contributed by atoms with Gasteiger partial charge >= 0.3 is 6.03 Å². The number of rotatable bonds is 4. The van der Waals surface area contributed by atoms with Crippen molar-refractivity contribution in [2.24, 2.45) is 10.8 Å². The van der Waals surface area contributed by atoms with Gasteiger partial charge in [-0.05, 0) is 17.7 Å². The molecule has 0 aliphatic carbocycles. The Hall–Kier alpha value is -3.63. The molecule has 3 heterocycles. The van der Waals surface area contributed by atoms with Gasteiger partial charge in [-0.3, -0.25) is 4.79 Å². The lowest BCUT2D eigenvalue weighted by atomic mass is 10.0. The third kappa shape index (κ3) is 4.04. The molecule has 2 unspecified atom stereocenters. The average molecular weight is 416 g/mol. The van der Waals surface area contributed by atoms with E-state index < -0.39 is 23.6 Å². The fourth-order valence-corrected chi connectivity index (χ4v) is 3.48. The summed E-state index contributed by atoms with van der Waals surface area (Å²) in [5.74, 6) is -2.16. The molecular weight excluding hydrogens is 398 g/mol. The van der Waals surface area contributed by atoms with Crippen LogP contribution >= 0.6 is 0 Å². The molecule has 2 aliphatic rings. The number of nitrogens with two attached hydrogens (primary N) is 1. The number of amides is 3. The molecule has 2 aliphatic heterocycles. The number of hydrogen-bond acceptors (Lipinski definition) is 6. The fraction of sp³-hybridized carbons (Fsp3) is 0.316. The lowest BCUT2D eigenvalue weighted by molar-refractivity contribution is 0.0987. The Morgan fingerprint density at radius 1 is 1.20 bits per heavy atom. The minimum Gasteiger partial charge on any atom is -0.472 e. The van der Waals surface area contributed by atoms with Crippen molar-refractivity contribution in [1.82, 2.24) is 19.9 Å². The minimum atomic E-state index is -0.768. The monoisotopic (exact) mass is 416 g/mol. The molecule has 1 aromatic carbocycles. The molecule has 30 heavy (non-hydrogen) atoms. The van der Waals surface area contributed by atoms with E-state index in [9.17, 15) is 18.4 Å². The summed E-state index contributed by atoms with van der Waals surface area (Å²) in [6, 6.07) is 3.71. The van der Waals surface area contributed by atoms with Crippen molar-refractivity contribution >= 4 is 18.2 Å². The smallest absolute Gasteiger partial charge is 0.341 e. The maximum Gasteiger partial charge on any atom is 0.341 e. The molecule has 2 aromatic rings. The molecule has 1 aromatic heterocycles. The first kappa shape index (κ1) is 19.7. The predicted octanol–water partition coefficient (Wildman–Crippen LogP) is 1.86. The molecule has 0 radical (unpaired) electrons. The summed E-state index contributed by atoms with van der Waals surface area (Å²) in [5, 5.41) is 5.33. The van der Waals surface area contributed by atoms with E-state index in [1.165, 1.54) is 29.4 Å². The summed E-state index contributed by atoms with van der Waals surface area (Å²) in [7, 11) is 0. The number of halogens is 2. The second kappa shape index (κ2) is 8.01. The van der Waals surface area contributed by atoms with Crippen LogP contribution in [0.25, 0.3) is 0 Å². The zero-order chi connectivity index (χ0) is 21.3. The van der Waals surface area contributed by atoms with Gasteiger partial charge in [0.1, 0.15) is 17.7 Å². The van der Waals surface area contributed by atoms with E-state index in [2.05, 4.69) is 15.1 Å². The van der Waals surface area contributed by atoms with Crippen molar-refractivity contribution in [3.8, 4) is 5.88 Å². The number of hydrazone groups is 1. The van der Waals surface area contributed by atoms with Crippen LogP contribution in [-0.2, 0) is 0 Å². The van der Waals surface area contributed by atoms with Crippen molar-refractivity contribution in [3.63, 3.8) is 0 Å². The van der Waals surface area contributed by atoms with Gasteiger partial charge in [0.15, 0.2) is 0 Å². The van der Waals surface area contributed by atoms with Crippen LogP contribution in [-0.4, -0.2) is 57.2 Å². The van der Waals surface area contributed by atoms with Crippen LogP contribution in [0.5, 0.6) is 5.88 Å². The number of hydrogen-bond donors (Lipinski definition) is 1. The van der Waals surface area contributed by atoms with Gasteiger partial charge in [-0.2, -0.15) is 10.1 Å². The maximum atomic E-state index is 13.6. The second-order valence-electron chi connectivity index (χ2n) is 6.94. The van der Waals surface area contributed by atoms with Gasteiger partial charge in [0.25, 0.3) is 5.91 Å². The molecule has 9 nitrogen and oxygen atoms in total. The van der Waals surface area contributed by atoms with Gasteiger partial charge in [-0.15, -0.1) is 0 Å². The average Bonchev–Trinajstić information content (AvgIpc) is 3.36. The van der Waals surface area contributed by atoms with Crippen LogP contribution < -0.4 is 10.5 Å². The third-order valence-corrected chi connectivity index (χ3v) is 4.85. The summed E-state index contributed by atoms with van der Waals surface area (Å²) >= 11 is 0.